The Kier molecular flexibility index (Phi) is 8.13. The van der Waals surface area contributed by atoms with Gasteiger partial charge in [0.1, 0.15) is 24.6 Å². The van der Waals surface area contributed by atoms with Gasteiger partial charge in [-0.1, -0.05) is 49.4 Å². The van der Waals surface area contributed by atoms with Crippen LogP contribution < -0.4 is 4.74 Å². The van der Waals surface area contributed by atoms with Crippen molar-refractivity contribution in [1.29, 1.82) is 0 Å². The molecule has 2 aromatic rings. The molecule has 214 valence electrons. The number of piperidine rings is 1. The first-order valence-electron chi connectivity index (χ1n) is 14.2. The van der Waals surface area contributed by atoms with E-state index >= 15 is 0 Å². The molecular weight excluding hydrogens is 494 g/mol. The Labute approximate surface area is 233 Å². The number of hydrogen-bond donors (Lipinski definition) is 0. The minimum absolute atomic E-state index is 0.114. The van der Waals surface area contributed by atoms with E-state index in [2.05, 4.69) is 70.9 Å². The van der Waals surface area contributed by atoms with E-state index in [0.717, 1.165) is 17.9 Å². The average Bonchev–Trinajstić information content (AvgIpc) is 3.72. The predicted octanol–water partition coefficient (Wildman–Crippen LogP) is 6.08. The first-order chi connectivity index (χ1) is 18.5. The van der Waals surface area contributed by atoms with Crippen LogP contribution in [0, 0.1) is 5.41 Å². The number of nitrogens with zero attached hydrogens (tertiary/aromatic N) is 1. The maximum atomic E-state index is 6.67. The van der Waals surface area contributed by atoms with Crippen molar-refractivity contribution in [3.63, 3.8) is 0 Å². The molecule has 0 aromatic heterocycles. The first kappa shape index (κ1) is 28.5. The molecule has 0 bridgehead atoms. The zero-order valence-electron chi connectivity index (χ0n) is 24.4. The summed E-state index contributed by atoms with van der Waals surface area (Å²) in [5.41, 5.74) is 1.49. The van der Waals surface area contributed by atoms with E-state index < -0.39 is 5.79 Å². The van der Waals surface area contributed by atoms with Crippen LogP contribution in [0.1, 0.15) is 71.6 Å². The highest BCUT2D eigenvalue weighted by Crippen LogP contribution is 2.49. The van der Waals surface area contributed by atoms with Crippen LogP contribution in [-0.2, 0) is 30.4 Å². The molecule has 0 saturated carbocycles. The predicted molar refractivity (Wildman–Crippen MR) is 149 cm³/mol. The molecule has 3 fully saturated rings. The van der Waals surface area contributed by atoms with Crippen molar-refractivity contribution in [3.05, 3.63) is 65.7 Å². The van der Waals surface area contributed by atoms with Crippen LogP contribution in [0.15, 0.2) is 54.6 Å². The van der Waals surface area contributed by atoms with Gasteiger partial charge in [0, 0.05) is 29.3 Å². The molecule has 3 aliphatic rings. The average molecular weight is 540 g/mol. The highest BCUT2D eigenvalue weighted by Gasteiger charge is 2.57. The number of epoxide rings is 1. The smallest absolute Gasteiger partial charge is 0.171 e. The number of benzene rings is 2. The Balaban J connectivity index is 1.17. The Hall–Kier alpha value is -2.00. The molecule has 3 saturated heterocycles. The molecule has 5 rings (SSSR count). The lowest BCUT2D eigenvalue weighted by molar-refractivity contribution is -0.390. The second-order valence-electron chi connectivity index (χ2n) is 13.1. The zero-order chi connectivity index (χ0) is 27.7. The lowest BCUT2D eigenvalue weighted by Gasteiger charge is -2.59. The lowest BCUT2D eigenvalue weighted by Crippen LogP contribution is -2.68. The van der Waals surface area contributed by atoms with Crippen LogP contribution >= 0.6 is 0 Å². The molecule has 0 radical (unpaired) electrons. The molecule has 0 N–H and O–H groups in total. The molecule has 39 heavy (non-hydrogen) atoms. The second-order valence-corrected chi connectivity index (χ2v) is 13.1. The van der Waals surface area contributed by atoms with Crippen molar-refractivity contribution in [3.8, 4) is 5.75 Å². The van der Waals surface area contributed by atoms with E-state index in [0.29, 0.717) is 45.9 Å². The molecular formula is C32H45NO6. The summed E-state index contributed by atoms with van der Waals surface area (Å²) >= 11 is 0. The van der Waals surface area contributed by atoms with Crippen molar-refractivity contribution < 1.29 is 28.5 Å². The highest BCUT2D eigenvalue weighted by atomic mass is 16.7. The first-order valence-corrected chi connectivity index (χ1v) is 14.2. The van der Waals surface area contributed by atoms with E-state index in [-0.39, 0.29) is 28.7 Å². The fourth-order valence-electron chi connectivity index (χ4n) is 6.01. The van der Waals surface area contributed by atoms with Crippen LogP contribution in [-0.4, -0.2) is 61.1 Å². The zero-order valence-corrected chi connectivity index (χ0v) is 24.4. The maximum Gasteiger partial charge on any atom is 0.171 e. The molecule has 3 aliphatic heterocycles. The van der Waals surface area contributed by atoms with E-state index in [1.807, 2.05) is 30.3 Å². The molecule has 1 spiro atoms. The van der Waals surface area contributed by atoms with Crippen molar-refractivity contribution >= 4 is 0 Å². The van der Waals surface area contributed by atoms with Gasteiger partial charge in [-0.2, -0.15) is 5.06 Å². The molecule has 2 aromatic carbocycles. The van der Waals surface area contributed by atoms with Gasteiger partial charge in [0.15, 0.2) is 5.79 Å². The van der Waals surface area contributed by atoms with Gasteiger partial charge >= 0.3 is 0 Å². The summed E-state index contributed by atoms with van der Waals surface area (Å²) in [5.74, 6) is 0.213. The summed E-state index contributed by atoms with van der Waals surface area (Å²) in [6.45, 7) is 16.9. The second kappa shape index (κ2) is 11.1. The molecule has 2 atom stereocenters. The van der Waals surface area contributed by atoms with Gasteiger partial charge in [-0.15, -0.1) is 0 Å². The van der Waals surface area contributed by atoms with Gasteiger partial charge in [-0.05, 0) is 57.9 Å². The van der Waals surface area contributed by atoms with Crippen LogP contribution in [0.4, 0.5) is 0 Å². The monoisotopic (exact) mass is 539 g/mol. The summed E-state index contributed by atoms with van der Waals surface area (Å²) in [7, 11) is 0. The Bertz CT molecular complexity index is 1050. The molecule has 0 amide bonds. The quantitative estimate of drug-likeness (QED) is 0.339. The highest BCUT2D eigenvalue weighted by molar-refractivity contribution is 5.28. The van der Waals surface area contributed by atoms with Crippen LogP contribution in [0.5, 0.6) is 5.75 Å². The maximum absolute atomic E-state index is 6.67. The van der Waals surface area contributed by atoms with E-state index in [4.69, 9.17) is 28.5 Å². The summed E-state index contributed by atoms with van der Waals surface area (Å²) in [4.78, 5) is 6.67. The van der Waals surface area contributed by atoms with Crippen molar-refractivity contribution in [2.24, 2.45) is 5.41 Å². The van der Waals surface area contributed by atoms with Gasteiger partial charge < -0.3 is 23.7 Å². The van der Waals surface area contributed by atoms with Crippen molar-refractivity contribution in [2.75, 3.05) is 33.0 Å². The Morgan fingerprint density at radius 2 is 1.51 bits per heavy atom. The molecule has 2 unspecified atom stereocenters. The summed E-state index contributed by atoms with van der Waals surface area (Å²) in [5, 5.41) is 2.16. The minimum Gasteiger partial charge on any atom is -0.491 e. The van der Waals surface area contributed by atoms with Crippen LogP contribution in [0.25, 0.3) is 0 Å². The Morgan fingerprint density at radius 1 is 0.897 bits per heavy atom. The minimum atomic E-state index is -0.640. The van der Waals surface area contributed by atoms with Gasteiger partial charge in [0.05, 0.1) is 33.0 Å². The van der Waals surface area contributed by atoms with Gasteiger partial charge in [-0.3, -0.25) is 4.84 Å². The SMILES string of the molecule is CC(ON1C(C)(C)CC2(CC1(C)C)OCC(C)(COCc1ccccc1)CO2)c1ccc(OCC2CO2)cc1. The standard InChI is InChI=1S/C32H45NO6/c1-24(26-12-14-27(15-13-26)35-17-28-18-36-28)39-33-29(2,3)19-32(20-30(33,4)5)37-22-31(6,23-38-32)21-34-16-25-10-8-7-9-11-25/h7-15,24,28H,16-23H2,1-6H3. The molecule has 7 heteroatoms. The third kappa shape index (κ3) is 7.02. The fourth-order valence-corrected chi connectivity index (χ4v) is 6.01. The third-order valence-corrected chi connectivity index (χ3v) is 7.88. The largest absolute Gasteiger partial charge is 0.491 e. The van der Waals surface area contributed by atoms with Gasteiger partial charge in [0.2, 0.25) is 0 Å². The van der Waals surface area contributed by atoms with Crippen molar-refractivity contribution in [2.45, 2.75) is 90.1 Å². The molecule has 7 nitrogen and oxygen atoms in total. The van der Waals surface area contributed by atoms with Gasteiger partial charge in [-0.25, -0.2) is 0 Å². The molecule has 3 heterocycles. The Morgan fingerprint density at radius 3 is 2.10 bits per heavy atom. The van der Waals surface area contributed by atoms with E-state index in [1.165, 1.54) is 5.56 Å². The van der Waals surface area contributed by atoms with Crippen LogP contribution in [0.2, 0.25) is 0 Å². The number of rotatable bonds is 10. The summed E-state index contributed by atoms with van der Waals surface area (Å²) in [6.07, 6.45) is 1.56. The van der Waals surface area contributed by atoms with E-state index in [9.17, 15) is 0 Å². The number of ether oxygens (including phenoxy) is 5. The lowest BCUT2D eigenvalue weighted by atomic mass is 9.77. The summed E-state index contributed by atoms with van der Waals surface area (Å²) in [6, 6.07) is 18.4. The van der Waals surface area contributed by atoms with Crippen LogP contribution in [0.3, 0.4) is 0 Å². The van der Waals surface area contributed by atoms with Crippen molar-refractivity contribution in [1.82, 2.24) is 5.06 Å². The number of hydrogen-bond acceptors (Lipinski definition) is 7. The number of hydroxylamine groups is 2. The molecule has 0 aliphatic carbocycles. The van der Waals surface area contributed by atoms with E-state index in [1.54, 1.807) is 0 Å². The third-order valence-electron chi connectivity index (χ3n) is 7.88. The van der Waals surface area contributed by atoms with Gasteiger partial charge in [0.25, 0.3) is 0 Å². The summed E-state index contributed by atoms with van der Waals surface area (Å²) < 4.78 is 30.2. The fraction of sp³-hybridized carbons (Fsp3) is 0.625. The topological polar surface area (TPSA) is 61.9 Å². The normalized spacial score (nSPS) is 25.7.